The van der Waals surface area contributed by atoms with Crippen LogP contribution in [-0.4, -0.2) is 60.3 Å². The molecule has 1 saturated carbocycles. The van der Waals surface area contributed by atoms with E-state index in [9.17, 15) is 5.11 Å². The van der Waals surface area contributed by atoms with Gasteiger partial charge in [0.15, 0.2) is 0 Å². The number of likely N-dealkylation sites (N-methyl/N-ethyl adjacent to an activating group) is 1. The zero-order chi connectivity index (χ0) is 21.7. The molecule has 1 saturated heterocycles. The van der Waals surface area contributed by atoms with Gasteiger partial charge in [0.2, 0.25) is 0 Å². The van der Waals surface area contributed by atoms with Gasteiger partial charge in [0.1, 0.15) is 12.4 Å². The molecule has 1 aliphatic heterocycles. The summed E-state index contributed by atoms with van der Waals surface area (Å²) in [4.78, 5) is 4.89. The molecule has 1 aliphatic carbocycles. The van der Waals surface area contributed by atoms with E-state index >= 15 is 0 Å². The fourth-order valence-electron chi connectivity index (χ4n) is 5.29. The maximum Gasteiger partial charge on any atom is 0.119 e. The Bertz CT molecular complexity index is 800. The van der Waals surface area contributed by atoms with Gasteiger partial charge in [0, 0.05) is 25.0 Å². The number of hydrogen-bond donors (Lipinski definition) is 1. The number of likely N-dealkylation sites (tertiary alicyclic amines) is 1. The maximum atomic E-state index is 11.7. The highest BCUT2D eigenvalue weighted by atomic mass is 16.5. The third-order valence-electron chi connectivity index (χ3n) is 7.32. The number of nitrogens with zero attached hydrogens (tertiary/aromatic N) is 2. The van der Waals surface area contributed by atoms with Gasteiger partial charge in [-0.3, -0.25) is 0 Å². The second-order valence-corrected chi connectivity index (χ2v) is 9.73. The van der Waals surface area contributed by atoms with E-state index in [-0.39, 0.29) is 5.92 Å². The molecular formula is C27H38N2O2. The van der Waals surface area contributed by atoms with Crippen LogP contribution in [0.1, 0.15) is 55.6 Å². The van der Waals surface area contributed by atoms with Crippen LogP contribution in [0.5, 0.6) is 5.75 Å². The van der Waals surface area contributed by atoms with Crippen molar-refractivity contribution in [3.8, 4) is 5.75 Å². The smallest absolute Gasteiger partial charge is 0.119 e. The van der Waals surface area contributed by atoms with E-state index in [1.54, 1.807) is 0 Å². The lowest BCUT2D eigenvalue weighted by Gasteiger charge is -2.41. The SMILES string of the molecule is CN(C)[C@@H]1CCN(CC(c2ccc(OCc3ccccc3)cc2)C2(O)CCCCC2)C1. The molecule has 168 valence electrons. The minimum absolute atomic E-state index is 0.150. The number of aliphatic hydroxyl groups is 1. The van der Waals surface area contributed by atoms with Crippen molar-refractivity contribution in [2.75, 3.05) is 33.7 Å². The molecule has 1 unspecified atom stereocenters. The predicted octanol–water partition coefficient (Wildman–Crippen LogP) is 4.68. The van der Waals surface area contributed by atoms with Crippen LogP contribution >= 0.6 is 0 Å². The van der Waals surface area contributed by atoms with Crippen molar-refractivity contribution in [3.05, 3.63) is 65.7 Å². The van der Waals surface area contributed by atoms with E-state index < -0.39 is 5.60 Å². The molecular weight excluding hydrogens is 384 g/mol. The Morgan fingerprint density at radius 2 is 1.74 bits per heavy atom. The van der Waals surface area contributed by atoms with Crippen LogP contribution < -0.4 is 4.74 Å². The molecule has 1 N–H and O–H groups in total. The molecule has 1 heterocycles. The zero-order valence-electron chi connectivity index (χ0n) is 19.2. The number of hydrogen-bond acceptors (Lipinski definition) is 4. The second kappa shape index (κ2) is 10.2. The van der Waals surface area contributed by atoms with Gasteiger partial charge in [0.05, 0.1) is 5.60 Å². The lowest BCUT2D eigenvalue weighted by Crippen LogP contribution is -2.44. The van der Waals surface area contributed by atoms with Crippen molar-refractivity contribution in [3.63, 3.8) is 0 Å². The molecule has 0 amide bonds. The molecule has 4 heteroatoms. The summed E-state index contributed by atoms with van der Waals surface area (Å²) in [7, 11) is 4.35. The first-order valence-electron chi connectivity index (χ1n) is 11.9. The van der Waals surface area contributed by atoms with Crippen molar-refractivity contribution in [2.45, 2.75) is 62.7 Å². The molecule has 4 nitrogen and oxygen atoms in total. The predicted molar refractivity (Wildman–Crippen MR) is 127 cm³/mol. The van der Waals surface area contributed by atoms with E-state index in [0.717, 1.165) is 51.1 Å². The summed E-state index contributed by atoms with van der Waals surface area (Å²) in [6, 6.07) is 19.4. The molecule has 2 aliphatic rings. The molecule has 2 aromatic rings. The van der Waals surface area contributed by atoms with Gasteiger partial charge >= 0.3 is 0 Å². The fourth-order valence-corrected chi connectivity index (χ4v) is 5.29. The van der Waals surface area contributed by atoms with Crippen molar-refractivity contribution < 1.29 is 9.84 Å². The first-order valence-corrected chi connectivity index (χ1v) is 11.9. The first kappa shape index (κ1) is 22.3. The van der Waals surface area contributed by atoms with Crippen molar-refractivity contribution >= 4 is 0 Å². The Hall–Kier alpha value is -1.88. The molecule has 2 aromatic carbocycles. The van der Waals surface area contributed by atoms with Crippen molar-refractivity contribution in [2.24, 2.45) is 0 Å². The quantitative estimate of drug-likeness (QED) is 0.670. The number of rotatable bonds is 8. The van der Waals surface area contributed by atoms with E-state index in [2.05, 4.69) is 60.3 Å². The Morgan fingerprint density at radius 3 is 2.39 bits per heavy atom. The van der Waals surface area contributed by atoms with Gasteiger partial charge in [-0.25, -0.2) is 0 Å². The zero-order valence-corrected chi connectivity index (χ0v) is 19.2. The summed E-state index contributed by atoms with van der Waals surface area (Å²) in [5.74, 6) is 1.03. The highest BCUT2D eigenvalue weighted by Gasteiger charge is 2.40. The molecule has 0 bridgehead atoms. The van der Waals surface area contributed by atoms with E-state index in [1.807, 2.05) is 18.2 Å². The number of ether oxygens (including phenoxy) is 1. The van der Waals surface area contributed by atoms with Gasteiger partial charge in [0.25, 0.3) is 0 Å². The standard InChI is InChI=1S/C27H38N2O2/c1-28(2)24-15-18-29(19-24)20-26(27(30)16-7-4-8-17-27)23-11-13-25(14-12-23)31-21-22-9-5-3-6-10-22/h3,5-6,9-14,24,26,30H,4,7-8,15-21H2,1-2H3/t24-,26?/m1/s1. The number of benzene rings is 2. The van der Waals surface area contributed by atoms with Gasteiger partial charge in [-0.1, -0.05) is 61.7 Å². The highest BCUT2D eigenvalue weighted by molar-refractivity contribution is 5.32. The lowest BCUT2D eigenvalue weighted by molar-refractivity contribution is -0.0297. The normalized spacial score (nSPS) is 22.5. The van der Waals surface area contributed by atoms with E-state index in [1.165, 1.54) is 24.0 Å². The molecule has 0 radical (unpaired) electrons. The molecule has 4 rings (SSSR count). The van der Waals surface area contributed by atoms with Crippen LogP contribution in [0.4, 0.5) is 0 Å². The average molecular weight is 423 g/mol. The lowest BCUT2D eigenvalue weighted by atomic mass is 9.72. The van der Waals surface area contributed by atoms with Gasteiger partial charge in [-0.15, -0.1) is 0 Å². The van der Waals surface area contributed by atoms with Crippen LogP contribution in [0, 0.1) is 0 Å². The Labute approximate surface area is 187 Å². The Balaban J connectivity index is 1.46. The molecule has 0 spiro atoms. The maximum absolute atomic E-state index is 11.7. The monoisotopic (exact) mass is 422 g/mol. The molecule has 2 atom stereocenters. The summed E-state index contributed by atoms with van der Waals surface area (Å²) in [6.07, 6.45) is 6.54. The first-order chi connectivity index (χ1) is 15.0. The van der Waals surface area contributed by atoms with Crippen LogP contribution in [0.2, 0.25) is 0 Å². The van der Waals surface area contributed by atoms with E-state index in [0.29, 0.717) is 12.6 Å². The summed E-state index contributed by atoms with van der Waals surface area (Å²) >= 11 is 0. The summed E-state index contributed by atoms with van der Waals surface area (Å²) in [5.41, 5.74) is 1.82. The van der Waals surface area contributed by atoms with Crippen LogP contribution in [0.15, 0.2) is 54.6 Å². The van der Waals surface area contributed by atoms with Crippen LogP contribution in [0.25, 0.3) is 0 Å². The van der Waals surface area contributed by atoms with Crippen molar-refractivity contribution in [1.29, 1.82) is 0 Å². The van der Waals surface area contributed by atoms with Gasteiger partial charge < -0.3 is 19.6 Å². The average Bonchev–Trinajstić information content (AvgIpc) is 3.27. The van der Waals surface area contributed by atoms with Gasteiger partial charge in [-0.05, 0) is 63.2 Å². The minimum Gasteiger partial charge on any atom is -0.489 e. The van der Waals surface area contributed by atoms with Gasteiger partial charge in [-0.2, -0.15) is 0 Å². The van der Waals surface area contributed by atoms with Crippen molar-refractivity contribution in [1.82, 2.24) is 9.80 Å². The topological polar surface area (TPSA) is 35.9 Å². The Morgan fingerprint density at radius 1 is 1.03 bits per heavy atom. The fraction of sp³-hybridized carbons (Fsp3) is 0.556. The minimum atomic E-state index is -0.596. The summed E-state index contributed by atoms with van der Waals surface area (Å²) in [6.45, 7) is 3.73. The molecule has 31 heavy (non-hydrogen) atoms. The second-order valence-electron chi connectivity index (χ2n) is 9.73. The summed E-state index contributed by atoms with van der Waals surface area (Å²) in [5, 5.41) is 11.7. The summed E-state index contributed by atoms with van der Waals surface area (Å²) < 4.78 is 5.99. The van der Waals surface area contributed by atoms with E-state index in [4.69, 9.17) is 4.74 Å². The molecule has 0 aromatic heterocycles. The van der Waals surface area contributed by atoms with Crippen LogP contribution in [0.3, 0.4) is 0 Å². The highest BCUT2D eigenvalue weighted by Crippen LogP contribution is 2.41. The van der Waals surface area contributed by atoms with Crippen LogP contribution in [-0.2, 0) is 6.61 Å². The molecule has 2 fully saturated rings. The third kappa shape index (κ3) is 5.68. The largest absolute Gasteiger partial charge is 0.489 e. The third-order valence-corrected chi connectivity index (χ3v) is 7.32. The Kier molecular flexibility index (Phi) is 7.31.